The number of nitrogens with one attached hydrogen (secondary N) is 1. The van der Waals surface area contributed by atoms with Crippen molar-refractivity contribution in [3.05, 3.63) is 84.9 Å². The summed E-state index contributed by atoms with van der Waals surface area (Å²) >= 11 is 0. The predicted octanol–water partition coefficient (Wildman–Crippen LogP) is 5.35. The van der Waals surface area contributed by atoms with Gasteiger partial charge in [-0.05, 0) is 61.1 Å². The first-order valence-corrected chi connectivity index (χ1v) is 12.6. The van der Waals surface area contributed by atoms with Crippen LogP contribution in [0.5, 0.6) is 0 Å². The lowest BCUT2D eigenvalue weighted by molar-refractivity contribution is 0.160. The number of rotatable bonds is 4. The number of urea groups is 1. The second kappa shape index (κ2) is 8.43. The maximum atomic E-state index is 13.1. The Morgan fingerprint density at radius 1 is 0.750 bits per heavy atom. The lowest BCUT2D eigenvalue weighted by Crippen LogP contribution is -2.51. The topological polar surface area (TPSA) is 66.5 Å². The van der Waals surface area contributed by atoms with Crippen LogP contribution in [0.1, 0.15) is 25.7 Å². The number of nitrogens with zero attached hydrogens (tertiary/aromatic N) is 1. The Hall–Kier alpha value is -3.12. The molecule has 0 spiro atoms. The van der Waals surface area contributed by atoms with Gasteiger partial charge < -0.3 is 10.2 Å². The molecule has 2 heterocycles. The van der Waals surface area contributed by atoms with E-state index in [0.29, 0.717) is 17.7 Å². The number of fused-ring (bicyclic) bond motifs is 2. The van der Waals surface area contributed by atoms with Crippen LogP contribution in [0.4, 0.5) is 10.5 Å². The molecule has 1 N–H and O–H groups in total. The highest BCUT2D eigenvalue weighted by Crippen LogP contribution is 2.40. The van der Waals surface area contributed by atoms with Gasteiger partial charge in [0.15, 0.2) is 9.84 Å². The number of amides is 2. The number of piperidine rings is 1. The molecule has 3 atom stereocenters. The molecule has 164 valence electrons. The standard InChI is InChI=1S/C26H26N2O3S/c29-26(27-21-13-11-20(12-14-21)19-7-3-1-4-8-19)28-22-15-16-23(28)18-25(17-22)32(30,31)24-9-5-2-6-10-24/h1-14,22-23,25H,15-18H2,(H,27,29)/t22-,23+,25?. The number of carbonyl (C=O) groups excluding carboxylic acids is 1. The number of benzene rings is 3. The van der Waals surface area contributed by atoms with Gasteiger partial charge in [0.25, 0.3) is 0 Å². The highest BCUT2D eigenvalue weighted by atomic mass is 32.2. The van der Waals surface area contributed by atoms with Gasteiger partial charge in [0, 0.05) is 17.8 Å². The van der Waals surface area contributed by atoms with E-state index in [2.05, 4.69) is 17.4 Å². The van der Waals surface area contributed by atoms with E-state index in [1.165, 1.54) is 0 Å². The number of hydrogen-bond donors (Lipinski definition) is 1. The van der Waals surface area contributed by atoms with Gasteiger partial charge in [-0.2, -0.15) is 0 Å². The van der Waals surface area contributed by atoms with E-state index in [-0.39, 0.29) is 18.1 Å². The fraction of sp³-hybridized carbons (Fsp3) is 0.269. The summed E-state index contributed by atoms with van der Waals surface area (Å²) in [5.74, 6) is 0. The SMILES string of the molecule is O=C(Nc1ccc(-c2ccccc2)cc1)N1[C@@H]2CC[C@H]1CC(S(=O)(=O)c1ccccc1)C2. The van der Waals surface area contributed by atoms with Crippen LogP contribution >= 0.6 is 0 Å². The molecule has 2 fully saturated rings. The predicted molar refractivity (Wildman–Crippen MR) is 126 cm³/mol. The third-order valence-electron chi connectivity index (χ3n) is 6.68. The van der Waals surface area contributed by atoms with Crippen molar-refractivity contribution >= 4 is 21.6 Å². The second-order valence-corrected chi connectivity index (χ2v) is 10.8. The van der Waals surface area contributed by atoms with Crippen molar-refractivity contribution in [3.8, 4) is 11.1 Å². The Morgan fingerprint density at radius 2 is 1.28 bits per heavy atom. The summed E-state index contributed by atoms with van der Waals surface area (Å²) in [5.41, 5.74) is 2.97. The molecule has 2 bridgehead atoms. The average Bonchev–Trinajstić information content (AvgIpc) is 3.10. The summed E-state index contributed by atoms with van der Waals surface area (Å²) in [6, 6.07) is 26.4. The zero-order valence-corrected chi connectivity index (χ0v) is 18.5. The fourth-order valence-corrected chi connectivity index (χ4v) is 6.95. The quantitative estimate of drug-likeness (QED) is 0.587. The number of anilines is 1. The molecule has 2 aliphatic heterocycles. The van der Waals surface area contributed by atoms with Crippen LogP contribution in [0.2, 0.25) is 0 Å². The van der Waals surface area contributed by atoms with E-state index in [4.69, 9.17) is 0 Å². The first kappa shape index (κ1) is 20.8. The first-order chi connectivity index (χ1) is 15.5. The van der Waals surface area contributed by atoms with E-state index in [9.17, 15) is 13.2 Å². The maximum absolute atomic E-state index is 13.1. The highest BCUT2D eigenvalue weighted by molar-refractivity contribution is 7.92. The van der Waals surface area contributed by atoms with Gasteiger partial charge in [-0.15, -0.1) is 0 Å². The summed E-state index contributed by atoms with van der Waals surface area (Å²) in [5, 5.41) is 2.58. The van der Waals surface area contributed by atoms with Crippen molar-refractivity contribution in [1.82, 2.24) is 4.90 Å². The Morgan fingerprint density at radius 3 is 1.88 bits per heavy atom. The molecule has 3 aromatic rings. The van der Waals surface area contributed by atoms with Gasteiger partial charge in [-0.25, -0.2) is 13.2 Å². The van der Waals surface area contributed by atoms with E-state index >= 15 is 0 Å². The van der Waals surface area contributed by atoms with Gasteiger partial charge in [0.2, 0.25) is 0 Å². The van der Waals surface area contributed by atoms with Gasteiger partial charge in [0.1, 0.15) is 0 Å². The van der Waals surface area contributed by atoms with Gasteiger partial charge in [-0.1, -0.05) is 60.7 Å². The minimum Gasteiger partial charge on any atom is -0.318 e. The number of sulfone groups is 1. The van der Waals surface area contributed by atoms with Crippen LogP contribution in [0.25, 0.3) is 11.1 Å². The average molecular weight is 447 g/mol. The van der Waals surface area contributed by atoms with Crippen LogP contribution in [0, 0.1) is 0 Å². The Balaban J connectivity index is 1.27. The largest absolute Gasteiger partial charge is 0.322 e. The zero-order chi connectivity index (χ0) is 22.1. The van der Waals surface area contributed by atoms with Crippen LogP contribution in [-0.2, 0) is 9.84 Å². The van der Waals surface area contributed by atoms with Gasteiger partial charge >= 0.3 is 6.03 Å². The molecule has 1 unspecified atom stereocenters. The Bertz CT molecular complexity index is 1180. The molecular formula is C26H26N2O3S. The molecule has 5 rings (SSSR count). The third-order valence-corrected chi connectivity index (χ3v) is 8.87. The molecule has 3 aromatic carbocycles. The highest BCUT2D eigenvalue weighted by Gasteiger charge is 2.47. The molecular weight excluding hydrogens is 420 g/mol. The molecule has 2 aliphatic rings. The summed E-state index contributed by atoms with van der Waals surface area (Å²) in [7, 11) is -3.39. The van der Waals surface area contributed by atoms with Crippen molar-refractivity contribution in [2.75, 3.05) is 5.32 Å². The van der Waals surface area contributed by atoms with Crippen LogP contribution in [0.15, 0.2) is 89.8 Å². The van der Waals surface area contributed by atoms with Gasteiger partial charge in [-0.3, -0.25) is 0 Å². The maximum Gasteiger partial charge on any atom is 0.322 e. The summed E-state index contributed by atoms with van der Waals surface area (Å²) in [6.07, 6.45) is 2.69. The second-order valence-electron chi connectivity index (χ2n) is 8.62. The number of hydrogen-bond acceptors (Lipinski definition) is 3. The Labute approximate surface area is 189 Å². The van der Waals surface area contributed by atoms with E-state index < -0.39 is 15.1 Å². The first-order valence-electron chi connectivity index (χ1n) is 11.1. The van der Waals surface area contributed by atoms with Crippen molar-refractivity contribution in [2.45, 2.75) is 47.9 Å². The monoisotopic (exact) mass is 446 g/mol. The van der Waals surface area contributed by atoms with Gasteiger partial charge in [0.05, 0.1) is 10.1 Å². The minimum atomic E-state index is -3.39. The third kappa shape index (κ3) is 3.91. The van der Waals surface area contributed by atoms with E-state index in [1.54, 1.807) is 24.3 Å². The molecule has 32 heavy (non-hydrogen) atoms. The molecule has 0 saturated carbocycles. The molecule has 5 nitrogen and oxygen atoms in total. The zero-order valence-electron chi connectivity index (χ0n) is 17.7. The molecule has 6 heteroatoms. The summed E-state index contributed by atoms with van der Waals surface area (Å²) in [4.78, 5) is 15.3. The van der Waals surface area contributed by atoms with Crippen LogP contribution in [-0.4, -0.2) is 36.7 Å². The van der Waals surface area contributed by atoms with Crippen molar-refractivity contribution < 1.29 is 13.2 Å². The molecule has 0 aromatic heterocycles. The van der Waals surface area contributed by atoms with Crippen LogP contribution < -0.4 is 5.32 Å². The van der Waals surface area contributed by atoms with E-state index in [1.807, 2.05) is 53.4 Å². The lowest BCUT2D eigenvalue weighted by atomic mass is 10.0. The molecule has 2 saturated heterocycles. The summed E-state index contributed by atoms with van der Waals surface area (Å²) in [6.45, 7) is 0. The Kier molecular flexibility index (Phi) is 5.47. The minimum absolute atomic E-state index is 0.0409. The molecule has 0 aliphatic carbocycles. The van der Waals surface area contributed by atoms with E-state index in [0.717, 1.165) is 29.7 Å². The fourth-order valence-electron chi connectivity index (χ4n) is 5.08. The lowest BCUT2D eigenvalue weighted by Gasteiger charge is -2.38. The van der Waals surface area contributed by atoms with Crippen molar-refractivity contribution in [1.29, 1.82) is 0 Å². The number of carbonyl (C=O) groups is 1. The van der Waals surface area contributed by atoms with Crippen molar-refractivity contribution in [2.24, 2.45) is 0 Å². The smallest absolute Gasteiger partial charge is 0.318 e. The molecule has 2 amide bonds. The summed E-state index contributed by atoms with van der Waals surface area (Å²) < 4.78 is 26.2. The van der Waals surface area contributed by atoms with Crippen molar-refractivity contribution in [3.63, 3.8) is 0 Å². The van der Waals surface area contributed by atoms with Crippen LogP contribution in [0.3, 0.4) is 0 Å². The molecule has 0 radical (unpaired) electrons. The normalized spacial score (nSPS) is 22.5.